The predicted molar refractivity (Wildman–Crippen MR) is 55.1 cm³/mol. The quantitative estimate of drug-likeness (QED) is 0.598. The molecule has 4 heteroatoms. The number of hydrogen-bond donors (Lipinski definition) is 3. The molecule has 0 amide bonds. The van der Waals surface area contributed by atoms with Crippen LogP contribution in [0.2, 0.25) is 0 Å². The number of nitrogen functional groups attached to an aromatic ring is 1. The van der Waals surface area contributed by atoms with Crippen LogP contribution in [0.4, 0.5) is 11.4 Å². The summed E-state index contributed by atoms with van der Waals surface area (Å²) in [6.07, 6.45) is 0. The lowest BCUT2D eigenvalue weighted by atomic mass is 10.2. The molecular formula is C9H16N2O2. The highest BCUT2D eigenvalue weighted by Crippen LogP contribution is 2.21. The Hall–Kier alpha value is -1.42. The molecule has 4 nitrogen and oxygen atoms in total. The lowest BCUT2D eigenvalue weighted by Crippen LogP contribution is -1.93. The van der Waals surface area contributed by atoms with Crippen molar-refractivity contribution in [3.05, 3.63) is 18.2 Å². The maximum absolute atomic E-state index is 7.00. The van der Waals surface area contributed by atoms with Crippen molar-refractivity contribution in [3.63, 3.8) is 0 Å². The SMILES string of the molecule is CNc1cc(N)cc(OC)c1.CO. The zero-order chi connectivity index (χ0) is 10.3. The average Bonchev–Trinajstić information content (AvgIpc) is 2.20. The van der Waals surface area contributed by atoms with E-state index in [0.717, 1.165) is 18.5 Å². The number of aliphatic hydroxyl groups excluding tert-OH is 1. The van der Waals surface area contributed by atoms with Crippen molar-refractivity contribution in [1.82, 2.24) is 0 Å². The molecule has 0 atom stereocenters. The molecule has 0 aliphatic heterocycles. The number of hydrogen-bond acceptors (Lipinski definition) is 4. The molecule has 0 spiro atoms. The molecule has 0 aromatic heterocycles. The molecule has 1 aromatic rings. The Morgan fingerprint density at radius 2 is 1.92 bits per heavy atom. The third-order valence-electron chi connectivity index (χ3n) is 1.45. The molecule has 0 radical (unpaired) electrons. The monoisotopic (exact) mass is 184 g/mol. The van der Waals surface area contributed by atoms with Gasteiger partial charge in [0, 0.05) is 37.7 Å². The molecule has 0 fully saturated rings. The second kappa shape index (κ2) is 6.14. The molecule has 0 aliphatic rings. The lowest BCUT2D eigenvalue weighted by molar-refractivity contribution is 0.399. The van der Waals surface area contributed by atoms with E-state index in [2.05, 4.69) is 5.32 Å². The Morgan fingerprint density at radius 3 is 2.38 bits per heavy atom. The van der Waals surface area contributed by atoms with Crippen molar-refractivity contribution >= 4 is 11.4 Å². The molecule has 1 rings (SSSR count). The first-order valence-electron chi connectivity index (χ1n) is 3.83. The highest BCUT2D eigenvalue weighted by Gasteiger charge is 1.95. The number of anilines is 2. The van der Waals surface area contributed by atoms with Crippen LogP contribution in [0.3, 0.4) is 0 Å². The molecule has 1 aromatic carbocycles. The lowest BCUT2D eigenvalue weighted by Gasteiger charge is -2.05. The molecule has 0 heterocycles. The van der Waals surface area contributed by atoms with Gasteiger partial charge in [0.05, 0.1) is 7.11 Å². The molecule has 0 bridgehead atoms. The summed E-state index contributed by atoms with van der Waals surface area (Å²) >= 11 is 0. The highest BCUT2D eigenvalue weighted by molar-refractivity contribution is 5.58. The van der Waals surface area contributed by atoms with Gasteiger partial charge >= 0.3 is 0 Å². The number of nitrogens with two attached hydrogens (primary N) is 1. The number of ether oxygens (including phenoxy) is 1. The first-order chi connectivity index (χ1) is 6.26. The van der Waals surface area contributed by atoms with E-state index < -0.39 is 0 Å². The van der Waals surface area contributed by atoms with Crippen LogP contribution in [0.5, 0.6) is 5.75 Å². The number of methoxy groups -OCH3 is 1. The summed E-state index contributed by atoms with van der Waals surface area (Å²) in [5, 5.41) is 9.98. The summed E-state index contributed by atoms with van der Waals surface area (Å²) < 4.78 is 5.02. The Balaban J connectivity index is 0.000000671. The van der Waals surface area contributed by atoms with Crippen LogP contribution in [0.25, 0.3) is 0 Å². The van der Waals surface area contributed by atoms with Gasteiger partial charge in [-0.3, -0.25) is 0 Å². The standard InChI is InChI=1S/C8H12N2O.CH4O/c1-10-7-3-6(9)4-8(5-7)11-2;1-2/h3-5,10H,9H2,1-2H3;2H,1H3. The molecule has 0 saturated carbocycles. The van der Waals surface area contributed by atoms with E-state index >= 15 is 0 Å². The number of benzene rings is 1. The first kappa shape index (κ1) is 11.6. The Labute approximate surface area is 78.3 Å². The number of nitrogens with one attached hydrogen (secondary N) is 1. The van der Waals surface area contributed by atoms with Crippen molar-refractivity contribution in [2.24, 2.45) is 0 Å². The fourth-order valence-corrected chi connectivity index (χ4v) is 0.884. The smallest absolute Gasteiger partial charge is 0.122 e. The maximum Gasteiger partial charge on any atom is 0.122 e. The molecule has 13 heavy (non-hydrogen) atoms. The predicted octanol–water partition coefficient (Wildman–Crippen LogP) is 0.928. The third-order valence-corrected chi connectivity index (χ3v) is 1.45. The van der Waals surface area contributed by atoms with E-state index in [1.807, 2.05) is 19.2 Å². The molecule has 0 aliphatic carbocycles. The van der Waals surface area contributed by atoms with Crippen LogP contribution in [0.1, 0.15) is 0 Å². The van der Waals surface area contributed by atoms with Crippen LogP contribution in [-0.4, -0.2) is 26.4 Å². The van der Waals surface area contributed by atoms with Gasteiger partial charge in [-0.1, -0.05) is 0 Å². The second-order valence-corrected chi connectivity index (χ2v) is 2.24. The number of rotatable bonds is 2. The highest BCUT2D eigenvalue weighted by atomic mass is 16.5. The van der Waals surface area contributed by atoms with Gasteiger partial charge in [0.1, 0.15) is 5.75 Å². The first-order valence-corrected chi connectivity index (χ1v) is 3.83. The average molecular weight is 184 g/mol. The second-order valence-electron chi connectivity index (χ2n) is 2.24. The molecule has 0 unspecified atom stereocenters. The zero-order valence-electron chi connectivity index (χ0n) is 8.16. The van der Waals surface area contributed by atoms with Gasteiger partial charge < -0.3 is 20.9 Å². The van der Waals surface area contributed by atoms with Crippen molar-refractivity contribution < 1.29 is 9.84 Å². The van der Waals surface area contributed by atoms with Gasteiger partial charge in [-0.25, -0.2) is 0 Å². The minimum absolute atomic E-state index is 0.703. The Morgan fingerprint density at radius 1 is 1.31 bits per heavy atom. The zero-order valence-corrected chi connectivity index (χ0v) is 8.16. The summed E-state index contributed by atoms with van der Waals surface area (Å²) in [5.41, 5.74) is 7.25. The normalized spacial score (nSPS) is 8.31. The van der Waals surface area contributed by atoms with Gasteiger partial charge in [-0.05, 0) is 6.07 Å². The fourth-order valence-electron chi connectivity index (χ4n) is 0.884. The largest absolute Gasteiger partial charge is 0.497 e. The van der Waals surface area contributed by atoms with Crippen molar-refractivity contribution in [2.45, 2.75) is 0 Å². The van der Waals surface area contributed by atoms with Crippen LogP contribution in [0, 0.1) is 0 Å². The Bertz CT molecular complexity index is 229. The van der Waals surface area contributed by atoms with E-state index in [-0.39, 0.29) is 0 Å². The number of aliphatic hydroxyl groups is 1. The van der Waals surface area contributed by atoms with E-state index in [1.54, 1.807) is 13.2 Å². The maximum atomic E-state index is 7.00. The molecular weight excluding hydrogens is 168 g/mol. The van der Waals surface area contributed by atoms with Gasteiger partial charge in [-0.2, -0.15) is 0 Å². The van der Waals surface area contributed by atoms with Crippen molar-refractivity contribution in [3.8, 4) is 5.75 Å². The van der Waals surface area contributed by atoms with Gasteiger partial charge in [0.15, 0.2) is 0 Å². The topological polar surface area (TPSA) is 67.5 Å². The minimum Gasteiger partial charge on any atom is -0.497 e. The van der Waals surface area contributed by atoms with Crippen molar-refractivity contribution in [2.75, 3.05) is 32.3 Å². The molecule has 74 valence electrons. The molecule has 0 saturated heterocycles. The van der Waals surface area contributed by atoms with Crippen LogP contribution in [-0.2, 0) is 0 Å². The van der Waals surface area contributed by atoms with E-state index in [9.17, 15) is 0 Å². The van der Waals surface area contributed by atoms with E-state index in [4.69, 9.17) is 15.6 Å². The van der Waals surface area contributed by atoms with Gasteiger partial charge in [0.25, 0.3) is 0 Å². The van der Waals surface area contributed by atoms with Crippen LogP contribution >= 0.6 is 0 Å². The van der Waals surface area contributed by atoms with E-state index in [0.29, 0.717) is 5.69 Å². The molecule has 4 N–H and O–H groups in total. The Kier molecular flexibility index (Phi) is 5.47. The van der Waals surface area contributed by atoms with E-state index in [1.165, 1.54) is 0 Å². The summed E-state index contributed by atoms with van der Waals surface area (Å²) in [6, 6.07) is 5.51. The van der Waals surface area contributed by atoms with Crippen LogP contribution in [0.15, 0.2) is 18.2 Å². The summed E-state index contributed by atoms with van der Waals surface area (Å²) in [7, 11) is 4.46. The summed E-state index contributed by atoms with van der Waals surface area (Å²) in [6.45, 7) is 0. The summed E-state index contributed by atoms with van der Waals surface area (Å²) in [4.78, 5) is 0. The summed E-state index contributed by atoms with van der Waals surface area (Å²) in [5.74, 6) is 0.773. The third kappa shape index (κ3) is 3.66. The fraction of sp³-hybridized carbons (Fsp3) is 0.333. The minimum atomic E-state index is 0.703. The van der Waals surface area contributed by atoms with Crippen LogP contribution < -0.4 is 15.8 Å². The van der Waals surface area contributed by atoms with Crippen molar-refractivity contribution in [1.29, 1.82) is 0 Å². The van der Waals surface area contributed by atoms with Gasteiger partial charge in [-0.15, -0.1) is 0 Å². The van der Waals surface area contributed by atoms with Gasteiger partial charge in [0.2, 0.25) is 0 Å².